The van der Waals surface area contributed by atoms with Crippen molar-refractivity contribution in [2.24, 2.45) is 0 Å². The van der Waals surface area contributed by atoms with Gasteiger partial charge in [0.1, 0.15) is 5.82 Å². The summed E-state index contributed by atoms with van der Waals surface area (Å²) in [7, 11) is 0. The molecule has 0 amide bonds. The summed E-state index contributed by atoms with van der Waals surface area (Å²) in [6, 6.07) is 6.89. The van der Waals surface area contributed by atoms with Gasteiger partial charge in [0.25, 0.3) is 0 Å². The van der Waals surface area contributed by atoms with Crippen molar-refractivity contribution in [2.75, 3.05) is 26.3 Å². The molecule has 2 heterocycles. The second kappa shape index (κ2) is 6.42. The first-order valence-electron chi connectivity index (χ1n) is 7.91. The molecule has 1 spiro atoms. The van der Waals surface area contributed by atoms with Crippen LogP contribution in [0.25, 0.3) is 0 Å². The predicted molar refractivity (Wildman–Crippen MR) is 79.6 cm³/mol. The molecule has 0 radical (unpaired) electrons. The van der Waals surface area contributed by atoms with Crippen molar-refractivity contribution in [2.45, 2.75) is 44.4 Å². The molecule has 21 heavy (non-hydrogen) atoms. The third-order valence-electron chi connectivity index (χ3n) is 4.64. The normalized spacial score (nSPS) is 25.5. The Morgan fingerprint density at radius 1 is 1.38 bits per heavy atom. The summed E-state index contributed by atoms with van der Waals surface area (Å²) in [6.07, 6.45) is 3.39. The van der Waals surface area contributed by atoms with E-state index in [0.717, 1.165) is 57.7 Å². The van der Waals surface area contributed by atoms with Gasteiger partial charge in [0.05, 0.1) is 18.3 Å². The largest absolute Gasteiger partial charge is 0.376 e. The van der Waals surface area contributed by atoms with E-state index >= 15 is 0 Å². The van der Waals surface area contributed by atoms with Gasteiger partial charge in [-0.1, -0.05) is 12.1 Å². The number of likely N-dealkylation sites (tertiary alicyclic amines) is 1. The van der Waals surface area contributed by atoms with Gasteiger partial charge >= 0.3 is 0 Å². The van der Waals surface area contributed by atoms with Crippen LogP contribution in [0.15, 0.2) is 24.3 Å². The lowest BCUT2D eigenvalue weighted by atomic mass is 9.88. The lowest BCUT2D eigenvalue weighted by molar-refractivity contribution is -0.0464. The molecule has 1 aromatic carbocycles. The van der Waals surface area contributed by atoms with Gasteiger partial charge in [-0.15, -0.1) is 0 Å². The fourth-order valence-corrected chi connectivity index (χ4v) is 3.51. The highest BCUT2D eigenvalue weighted by atomic mass is 19.1. The van der Waals surface area contributed by atoms with Crippen molar-refractivity contribution in [1.29, 1.82) is 0 Å². The van der Waals surface area contributed by atoms with E-state index in [1.165, 1.54) is 6.07 Å². The number of hydrogen-bond donors (Lipinski definition) is 0. The van der Waals surface area contributed by atoms with E-state index in [2.05, 4.69) is 4.90 Å². The fraction of sp³-hybridized carbons (Fsp3) is 0.647. The number of rotatable bonds is 4. The molecule has 1 atom stereocenters. The van der Waals surface area contributed by atoms with Crippen LogP contribution in [0.4, 0.5) is 4.39 Å². The molecule has 0 aliphatic carbocycles. The highest BCUT2D eigenvalue weighted by molar-refractivity contribution is 5.16. The summed E-state index contributed by atoms with van der Waals surface area (Å²) in [5.41, 5.74) is 1.07. The first kappa shape index (κ1) is 14.9. The van der Waals surface area contributed by atoms with Crippen LogP contribution < -0.4 is 0 Å². The molecule has 2 fully saturated rings. The van der Waals surface area contributed by atoms with E-state index in [4.69, 9.17) is 9.47 Å². The lowest BCUT2D eigenvalue weighted by Gasteiger charge is -2.38. The SMILES string of the molecule is CCO[C@@H]1COC2(CCN(Cc3cccc(F)c3)CC2)C1. The molecule has 0 bridgehead atoms. The molecule has 3 nitrogen and oxygen atoms in total. The first-order chi connectivity index (χ1) is 10.2. The van der Waals surface area contributed by atoms with Gasteiger partial charge in [-0.05, 0) is 37.5 Å². The minimum Gasteiger partial charge on any atom is -0.376 e. The lowest BCUT2D eigenvalue weighted by Crippen LogP contribution is -2.43. The summed E-state index contributed by atoms with van der Waals surface area (Å²) in [5.74, 6) is -0.153. The zero-order chi connectivity index (χ0) is 14.7. The van der Waals surface area contributed by atoms with Crippen LogP contribution in [0.3, 0.4) is 0 Å². The molecule has 116 valence electrons. The van der Waals surface area contributed by atoms with E-state index in [1.807, 2.05) is 13.0 Å². The highest BCUT2D eigenvalue weighted by Gasteiger charge is 2.42. The summed E-state index contributed by atoms with van der Waals surface area (Å²) in [6.45, 7) is 6.37. The van der Waals surface area contributed by atoms with Crippen molar-refractivity contribution >= 4 is 0 Å². The smallest absolute Gasteiger partial charge is 0.123 e. The minimum absolute atomic E-state index is 0.0261. The zero-order valence-electron chi connectivity index (χ0n) is 12.7. The maximum absolute atomic E-state index is 13.2. The van der Waals surface area contributed by atoms with Gasteiger partial charge in [0.2, 0.25) is 0 Å². The zero-order valence-corrected chi connectivity index (χ0v) is 12.7. The molecule has 1 aromatic rings. The van der Waals surface area contributed by atoms with Gasteiger partial charge in [0, 0.05) is 32.7 Å². The minimum atomic E-state index is -0.153. The third-order valence-corrected chi connectivity index (χ3v) is 4.64. The molecular weight excluding hydrogens is 269 g/mol. The van der Waals surface area contributed by atoms with Crippen LogP contribution >= 0.6 is 0 Å². The number of hydrogen-bond acceptors (Lipinski definition) is 3. The van der Waals surface area contributed by atoms with Crippen molar-refractivity contribution in [3.63, 3.8) is 0 Å². The van der Waals surface area contributed by atoms with Gasteiger partial charge < -0.3 is 9.47 Å². The Bertz CT molecular complexity index is 472. The molecule has 0 aromatic heterocycles. The maximum Gasteiger partial charge on any atom is 0.123 e. The standard InChI is InChI=1S/C17H24FNO2/c1-2-20-16-11-17(21-13-16)6-8-19(9-7-17)12-14-4-3-5-15(18)10-14/h3-5,10,16H,2,6-9,11-13H2,1H3/t16-/m0/s1. The van der Waals surface area contributed by atoms with Crippen LogP contribution in [0.2, 0.25) is 0 Å². The Kier molecular flexibility index (Phi) is 4.57. The number of halogens is 1. The maximum atomic E-state index is 13.2. The second-order valence-electron chi connectivity index (χ2n) is 6.18. The summed E-state index contributed by atoms with van der Waals surface area (Å²) < 4.78 is 25.0. The summed E-state index contributed by atoms with van der Waals surface area (Å²) in [4.78, 5) is 2.39. The molecule has 2 aliphatic heterocycles. The number of piperidine rings is 1. The van der Waals surface area contributed by atoms with Crippen LogP contribution in [-0.4, -0.2) is 42.9 Å². The molecule has 4 heteroatoms. The topological polar surface area (TPSA) is 21.7 Å². The molecule has 0 unspecified atom stereocenters. The quantitative estimate of drug-likeness (QED) is 0.852. The molecular formula is C17H24FNO2. The Balaban J connectivity index is 1.51. The van der Waals surface area contributed by atoms with Crippen molar-refractivity contribution < 1.29 is 13.9 Å². The fourth-order valence-electron chi connectivity index (χ4n) is 3.51. The number of benzene rings is 1. The van der Waals surface area contributed by atoms with Gasteiger partial charge in [-0.3, -0.25) is 4.90 Å². The van der Waals surface area contributed by atoms with Crippen LogP contribution in [0.1, 0.15) is 31.7 Å². The van der Waals surface area contributed by atoms with E-state index in [1.54, 1.807) is 12.1 Å². The number of ether oxygens (including phenoxy) is 2. The Hall–Kier alpha value is -0.970. The van der Waals surface area contributed by atoms with E-state index in [9.17, 15) is 4.39 Å². The molecule has 2 aliphatic rings. The predicted octanol–water partition coefficient (Wildman–Crippen LogP) is 2.99. The average molecular weight is 293 g/mol. The highest BCUT2D eigenvalue weighted by Crippen LogP contribution is 2.37. The molecule has 2 saturated heterocycles. The van der Waals surface area contributed by atoms with Gasteiger partial charge in [-0.2, -0.15) is 0 Å². The molecule has 0 N–H and O–H groups in total. The monoisotopic (exact) mass is 293 g/mol. The van der Waals surface area contributed by atoms with Crippen molar-refractivity contribution in [1.82, 2.24) is 4.90 Å². The van der Waals surface area contributed by atoms with Crippen molar-refractivity contribution in [3.05, 3.63) is 35.6 Å². The van der Waals surface area contributed by atoms with E-state index in [0.29, 0.717) is 0 Å². The van der Waals surface area contributed by atoms with E-state index < -0.39 is 0 Å². The Morgan fingerprint density at radius 2 is 2.19 bits per heavy atom. The van der Waals surface area contributed by atoms with Gasteiger partial charge in [-0.25, -0.2) is 4.39 Å². The van der Waals surface area contributed by atoms with Crippen LogP contribution in [-0.2, 0) is 16.0 Å². The summed E-state index contributed by atoms with van der Waals surface area (Å²) >= 11 is 0. The number of nitrogens with zero attached hydrogens (tertiary/aromatic N) is 1. The Morgan fingerprint density at radius 3 is 2.90 bits per heavy atom. The van der Waals surface area contributed by atoms with E-state index in [-0.39, 0.29) is 17.5 Å². The third kappa shape index (κ3) is 3.62. The Labute approximate surface area is 126 Å². The average Bonchev–Trinajstić information content (AvgIpc) is 2.85. The van der Waals surface area contributed by atoms with Crippen molar-refractivity contribution in [3.8, 4) is 0 Å². The summed E-state index contributed by atoms with van der Waals surface area (Å²) in [5, 5.41) is 0. The first-order valence-corrected chi connectivity index (χ1v) is 7.91. The van der Waals surface area contributed by atoms with Crippen LogP contribution in [0, 0.1) is 5.82 Å². The molecule has 0 saturated carbocycles. The second-order valence-corrected chi connectivity index (χ2v) is 6.18. The molecule has 3 rings (SSSR count). The van der Waals surface area contributed by atoms with Gasteiger partial charge in [0.15, 0.2) is 0 Å². The van der Waals surface area contributed by atoms with Crippen LogP contribution in [0.5, 0.6) is 0 Å².